The van der Waals surface area contributed by atoms with E-state index in [9.17, 15) is 18.3 Å². The van der Waals surface area contributed by atoms with Crippen LogP contribution in [0.15, 0.2) is 17.2 Å². The average molecular weight is 351 g/mol. The number of aromatic hydroxyl groups is 1. The summed E-state index contributed by atoms with van der Waals surface area (Å²) in [5.41, 5.74) is 2.49. The van der Waals surface area contributed by atoms with E-state index in [0.29, 0.717) is 5.02 Å². The second kappa shape index (κ2) is 6.21. The van der Waals surface area contributed by atoms with Crippen LogP contribution in [0.25, 0.3) is 0 Å². The van der Waals surface area contributed by atoms with Crippen molar-refractivity contribution in [3.63, 3.8) is 0 Å². The molecule has 0 aliphatic carbocycles. The van der Waals surface area contributed by atoms with Crippen molar-refractivity contribution in [2.45, 2.75) is 6.42 Å². The average Bonchev–Trinajstić information content (AvgIpc) is 2.75. The number of nitrogens with zero attached hydrogens (tertiary/aromatic N) is 1. The molecular formula is C12H12Cl2N2O4S. The molecule has 0 saturated carbocycles. The first-order valence-electron chi connectivity index (χ1n) is 6.00. The molecule has 9 heteroatoms. The van der Waals surface area contributed by atoms with Gasteiger partial charge in [-0.15, -0.1) is 0 Å². The molecule has 0 radical (unpaired) electrons. The van der Waals surface area contributed by atoms with Crippen LogP contribution in [0.1, 0.15) is 12.0 Å². The topological polar surface area (TPSA) is 95.8 Å². The second-order valence-corrected chi connectivity index (χ2v) is 7.73. The molecule has 1 amide bonds. The van der Waals surface area contributed by atoms with Gasteiger partial charge < -0.3 is 5.11 Å². The zero-order valence-corrected chi connectivity index (χ0v) is 13.0. The lowest BCUT2D eigenvalue weighted by Crippen LogP contribution is -2.27. The predicted octanol–water partition coefficient (Wildman–Crippen LogP) is 1.58. The summed E-state index contributed by atoms with van der Waals surface area (Å²) in [5, 5.41) is 13.8. The summed E-state index contributed by atoms with van der Waals surface area (Å²) in [6, 6.07) is 2.80. The van der Waals surface area contributed by atoms with Crippen LogP contribution in [0, 0.1) is 5.92 Å². The highest BCUT2D eigenvalue weighted by atomic mass is 35.5. The number of amides is 1. The quantitative estimate of drug-likeness (QED) is 0.638. The zero-order chi connectivity index (χ0) is 15.6. The van der Waals surface area contributed by atoms with Crippen molar-refractivity contribution in [2.24, 2.45) is 11.0 Å². The summed E-state index contributed by atoms with van der Waals surface area (Å²) < 4.78 is 22.6. The molecule has 6 nitrogen and oxygen atoms in total. The SMILES string of the molecule is O=C(N/N=C/c1cc(Cl)cc(Cl)c1O)[C@H]1CCS(=O)(=O)C1. The molecule has 1 heterocycles. The highest BCUT2D eigenvalue weighted by Gasteiger charge is 2.32. The highest BCUT2D eigenvalue weighted by molar-refractivity contribution is 7.91. The molecule has 0 aromatic heterocycles. The Hall–Kier alpha value is -1.31. The van der Waals surface area contributed by atoms with Gasteiger partial charge in [0.25, 0.3) is 0 Å². The van der Waals surface area contributed by atoms with E-state index in [1.54, 1.807) is 0 Å². The van der Waals surface area contributed by atoms with E-state index in [4.69, 9.17) is 23.2 Å². The van der Waals surface area contributed by atoms with Gasteiger partial charge in [-0.3, -0.25) is 4.79 Å². The molecule has 1 atom stereocenters. The summed E-state index contributed by atoms with van der Waals surface area (Å²) in [7, 11) is -3.12. The molecule has 1 aromatic carbocycles. The Morgan fingerprint density at radius 1 is 1.43 bits per heavy atom. The summed E-state index contributed by atoms with van der Waals surface area (Å²) in [6.45, 7) is 0. The van der Waals surface area contributed by atoms with Crippen LogP contribution in [-0.4, -0.2) is 37.2 Å². The lowest BCUT2D eigenvalue weighted by Gasteiger charge is -2.05. The molecule has 1 aliphatic heterocycles. The van der Waals surface area contributed by atoms with Crippen molar-refractivity contribution < 1.29 is 18.3 Å². The lowest BCUT2D eigenvalue weighted by atomic mass is 10.1. The summed E-state index contributed by atoms with van der Waals surface area (Å²) in [5.74, 6) is -1.42. The number of nitrogens with one attached hydrogen (secondary N) is 1. The van der Waals surface area contributed by atoms with Gasteiger partial charge in [0.1, 0.15) is 5.75 Å². The van der Waals surface area contributed by atoms with Gasteiger partial charge in [-0.25, -0.2) is 13.8 Å². The number of sulfone groups is 1. The Morgan fingerprint density at radius 3 is 2.76 bits per heavy atom. The van der Waals surface area contributed by atoms with Gasteiger partial charge in [-0.1, -0.05) is 23.2 Å². The number of benzene rings is 1. The van der Waals surface area contributed by atoms with Crippen LogP contribution >= 0.6 is 23.2 Å². The Morgan fingerprint density at radius 2 is 2.14 bits per heavy atom. The monoisotopic (exact) mass is 350 g/mol. The predicted molar refractivity (Wildman–Crippen MR) is 80.6 cm³/mol. The molecule has 0 unspecified atom stereocenters. The van der Waals surface area contributed by atoms with Crippen molar-refractivity contribution in [3.05, 3.63) is 27.7 Å². The number of carbonyl (C=O) groups excluding carboxylic acids is 1. The zero-order valence-electron chi connectivity index (χ0n) is 10.7. The standard InChI is InChI=1S/C12H12Cl2N2O4S/c13-9-3-8(11(17)10(14)4-9)5-15-16-12(18)7-1-2-21(19,20)6-7/h3-5,7,17H,1-2,6H2,(H,16,18)/b15-5+/t7-/m0/s1. The van der Waals surface area contributed by atoms with E-state index in [2.05, 4.69) is 10.5 Å². The third-order valence-corrected chi connectivity index (χ3v) is 5.31. The van der Waals surface area contributed by atoms with E-state index in [1.165, 1.54) is 18.3 Å². The van der Waals surface area contributed by atoms with E-state index in [-0.39, 0.29) is 34.3 Å². The van der Waals surface area contributed by atoms with E-state index in [0.717, 1.165) is 0 Å². The molecule has 2 N–H and O–H groups in total. The minimum atomic E-state index is -3.12. The lowest BCUT2D eigenvalue weighted by molar-refractivity contribution is -0.124. The number of hydrogen-bond donors (Lipinski definition) is 2. The fraction of sp³-hybridized carbons (Fsp3) is 0.333. The first-order valence-corrected chi connectivity index (χ1v) is 8.57. The van der Waals surface area contributed by atoms with E-state index >= 15 is 0 Å². The van der Waals surface area contributed by atoms with Crippen molar-refractivity contribution >= 4 is 45.2 Å². The molecule has 1 aliphatic rings. The third-order valence-electron chi connectivity index (χ3n) is 3.04. The summed E-state index contributed by atoms with van der Waals surface area (Å²) in [4.78, 5) is 11.7. The maximum atomic E-state index is 11.7. The molecule has 1 saturated heterocycles. The van der Waals surface area contributed by atoms with Crippen molar-refractivity contribution in [1.29, 1.82) is 0 Å². The Kier molecular flexibility index (Phi) is 4.75. The van der Waals surface area contributed by atoms with Gasteiger partial charge in [-0.05, 0) is 18.6 Å². The number of hydrazone groups is 1. The summed E-state index contributed by atoms with van der Waals surface area (Å²) >= 11 is 11.5. The smallest absolute Gasteiger partial charge is 0.244 e. The number of rotatable bonds is 3. The van der Waals surface area contributed by atoms with Crippen molar-refractivity contribution in [3.8, 4) is 5.75 Å². The summed E-state index contributed by atoms with van der Waals surface area (Å²) in [6.07, 6.45) is 1.48. The van der Waals surface area contributed by atoms with Crippen LogP contribution in [0.4, 0.5) is 0 Å². The minimum Gasteiger partial charge on any atom is -0.506 e. The molecule has 0 spiro atoms. The number of phenolic OH excluding ortho intramolecular Hbond substituents is 1. The first kappa shape index (κ1) is 16.1. The Labute approximate surface area is 131 Å². The normalized spacial score (nSPS) is 20.8. The van der Waals surface area contributed by atoms with Gasteiger partial charge in [0.15, 0.2) is 9.84 Å². The van der Waals surface area contributed by atoms with Gasteiger partial charge in [0.2, 0.25) is 5.91 Å². The van der Waals surface area contributed by atoms with Gasteiger partial charge in [0, 0.05) is 10.6 Å². The maximum absolute atomic E-state index is 11.7. The molecule has 1 fully saturated rings. The molecule has 2 rings (SSSR count). The highest BCUT2D eigenvalue weighted by Crippen LogP contribution is 2.29. The second-order valence-electron chi connectivity index (χ2n) is 4.66. The fourth-order valence-corrected chi connectivity index (χ4v) is 4.19. The van der Waals surface area contributed by atoms with Gasteiger partial charge in [-0.2, -0.15) is 5.10 Å². The third kappa shape index (κ3) is 4.09. The van der Waals surface area contributed by atoms with Crippen LogP contribution in [0.2, 0.25) is 10.0 Å². The van der Waals surface area contributed by atoms with Crippen LogP contribution in [-0.2, 0) is 14.6 Å². The van der Waals surface area contributed by atoms with Gasteiger partial charge in [0.05, 0.1) is 28.7 Å². The number of halogens is 2. The van der Waals surface area contributed by atoms with Crippen LogP contribution < -0.4 is 5.43 Å². The van der Waals surface area contributed by atoms with Crippen molar-refractivity contribution in [1.82, 2.24) is 5.43 Å². The minimum absolute atomic E-state index is 0.0134. The molecule has 114 valence electrons. The maximum Gasteiger partial charge on any atom is 0.244 e. The van der Waals surface area contributed by atoms with E-state index < -0.39 is 21.7 Å². The molecular weight excluding hydrogens is 339 g/mol. The number of hydrogen-bond acceptors (Lipinski definition) is 5. The number of phenols is 1. The number of carbonyl (C=O) groups is 1. The molecule has 1 aromatic rings. The van der Waals surface area contributed by atoms with Crippen LogP contribution in [0.5, 0.6) is 5.75 Å². The first-order chi connectivity index (χ1) is 9.78. The largest absolute Gasteiger partial charge is 0.506 e. The van der Waals surface area contributed by atoms with Gasteiger partial charge >= 0.3 is 0 Å². The molecule has 21 heavy (non-hydrogen) atoms. The fourth-order valence-electron chi connectivity index (χ4n) is 1.94. The van der Waals surface area contributed by atoms with Crippen molar-refractivity contribution in [2.75, 3.05) is 11.5 Å². The Balaban J connectivity index is 2.02. The van der Waals surface area contributed by atoms with E-state index in [1.807, 2.05) is 0 Å². The van der Waals surface area contributed by atoms with Crippen LogP contribution in [0.3, 0.4) is 0 Å². The Bertz CT molecular complexity index is 703. The molecule has 0 bridgehead atoms.